The van der Waals surface area contributed by atoms with Crippen LogP contribution in [0.1, 0.15) is 24.8 Å². The Balaban J connectivity index is 1.22. The Morgan fingerprint density at radius 2 is 2.16 bits per heavy atom. The van der Waals surface area contributed by atoms with Crippen molar-refractivity contribution in [3.05, 3.63) is 42.1 Å². The van der Waals surface area contributed by atoms with Crippen molar-refractivity contribution < 1.29 is 4.42 Å². The van der Waals surface area contributed by atoms with Crippen molar-refractivity contribution in [2.75, 3.05) is 19.6 Å². The van der Waals surface area contributed by atoms with Crippen LogP contribution in [0.2, 0.25) is 0 Å². The first kappa shape index (κ1) is 15.2. The van der Waals surface area contributed by atoms with Crippen LogP contribution in [0.15, 0.2) is 40.9 Å². The molecule has 2 fully saturated rings. The second kappa shape index (κ2) is 6.32. The Labute approximate surface area is 147 Å². The maximum absolute atomic E-state index is 5.97. The molecule has 0 bridgehead atoms. The van der Waals surface area contributed by atoms with Gasteiger partial charge in [-0.05, 0) is 50.4 Å². The molecule has 5 heteroatoms. The number of rotatable bonds is 6. The van der Waals surface area contributed by atoms with Crippen molar-refractivity contribution in [1.82, 2.24) is 20.4 Å². The van der Waals surface area contributed by atoms with Gasteiger partial charge in [-0.25, -0.2) is 0 Å². The van der Waals surface area contributed by atoms with Gasteiger partial charge in [0.2, 0.25) is 0 Å². The molecule has 2 aromatic heterocycles. The predicted molar refractivity (Wildman–Crippen MR) is 98.2 cm³/mol. The number of hydrogen-bond donors (Lipinski definition) is 2. The van der Waals surface area contributed by atoms with Crippen molar-refractivity contribution in [1.29, 1.82) is 0 Å². The van der Waals surface area contributed by atoms with Crippen LogP contribution < -0.4 is 5.32 Å². The SMILES string of the molecule is c1ccc2oc(-c3[nH]ncc3CNC[C@H]3CCN(C4CC4)C3)cc2c1. The van der Waals surface area contributed by atoms with E-state index in [9.17, 15) is 0 Å². The third kappa shape index (κ3) is 3.10. The summed E-state index contributed by atoms with van der Waals surface area (Å²) in [6.45, 7) is 4.45. The molecule has 2 N–H and O–H groups in total. The van der Waals surface area contributed by atoms with Crippen LogP contribution >= 0.6 is 0 Å². The van der Waals surface area contributed by atoms with E-state index in [1.54, 1.807) is 0 Å². The van der Waals surface area contributed by atoms with Crippen molar-refractivity contribution in [2.24, 2.45) is 5.92 Å². The highest BCUT2D eigenvalue weighted by molar-refractivity contribution is 5.82. The van der Waals surface area contributed by atoms with Crippen molar-refractivity contribution in [3.63, 3.8) is 0 Å². The Bertz CT molecular complexity index is 830. The highest BCUT2D eigenvalue weighted by atomic mass is 16.3. The number of furan rings is 1. The first-order chi connectivity index (χ1) is 12.4. The van der Waals surface area contributed by atoms with E-state index in [1.807, 2.05) is 24.4 Å². The maximum atomic E-state index is 5.97. The van der Waals surface area contributed by atoms with Gasteiger partial charge in [0.05, 0.1) is 6.20 Å². The molecule has 0 amide bonds. The molecule has 5 rings (SSSR count). The third-order valence-corrected chi connectivity index (χ3v) is 5.52. The Morgan fingerprint density at radius 1 is 1.24 bits per heavy atom. The van der Waals surface area contributed by atoms with Crippen LogP contribution in [-0.2, 0) is 6.54 Å². The number of benzene rings is 1. The number of hydrogen-bond acceptors (Lipinski definition) is 4. The van der Waals surface area contributed by atoms with Gasteiger partial charge in [0.25, 0.3) is 0 Å². The van der Waals surface area contributed by atoms with Gasteiger partial charge in [0.1, 0.15) is 11.3 Å². The second-order valence-corrected chi connectivity index (χ2v) is 7.43. The summed E-state index contributed by atoms with van der Waals surface area (Å²) in [5.74, 6) is 1.64. The van der Waals surface area contributed by atoms with E-state index in [4.69, 9.17) is 4.42 Å². The average Bonchev–Trinajstić information content (AvgIpc) is 3.05. The molecule has 0 radical (unpaired) electrons. The number of nitrogens with one attached hydrogen (secondary N) is 2. The van der Waals surface area contributed by atoms with Crippen LogP contribution in [0.5, 0.6) is 0 Å². The highest BCUT2D eigenvalue weighted by Crippen LogP contribution is 2.32. The second-order valence-electron chi connectivity index (χ2n) is 7.43. The minimum absolute atomic E-state index is 0.780. The number of H-pyrrole nitrogens is 1. The summed E-state index contributed by atoms with van der Waals surface area (Å²) in [6, 6.07) is 11.1. The van der Waals surface area contributed by atoms with Gasteiger partial charge in [0.15, 0.2) is 5.76 Å². The van der Waals surface area contributed by atoms with Crippen LogP contribution in [0.3, 0.4) is 0 Å². The van der Waals surface area contributed by atoms with Crippen molar-refractivity contribution in [3.8, 4) is 11.5 Å². The molecule has 1 aliphatic carbocycles. The molecule has 1 saturated carbocycles. The fourth-order valence-corrected chi connectivity index (χ4v) is 3.98. The van der Waals surface area contributed by atoms with Crippen LogP contribution in [-0.4, -0.2) is 40.8 Å². The molecule has 0 spiro atoms. The lowest BCUT2D eigenvalue weighted by molar-refractivity contribution is 0.312. The van der Waals surface area contributed by atoms with Gasteiger partial charge in [-0.2, -0.15) is 5.10 Å². The average molecular weight is 336 g/mol. The summed E-state index contributed by atoms with van der Waals surface area (Å²) < 4.78 is 5.97. The summed E-state index contributed by atoms with van der Waals surface area (Å²) in [5, 5.41) is 12.1. The molecule has 3 heterocycles. The number of nitrogens with zero attached hydrogens (tertiary/aromatic N) is 2. The van der Waals surface area contributed by atoms with E-state index in [-0.39, 0.29) is 0 Å². The van der Waals surface area contributed by atoms with E-state index in [0.29, 0.717) is 0 Å². The first-order valence-corrected chi connectivity index (χ1v) is 9.33. The lowest BCUT2D eigenvalue weighted by atomic mass is 10.1. The molecule has 25 heavy (non-hydrogen) atoms. The van der Waals surface area contributed by atoms with Gasteiger partial charge < -0.3 is 14.6 Å². The zero-order valence-corrected chi connectivity index (χ0v) is 14.4. The molecular weight excluding hydrogens is 312 g/mol. The van der Waals surface area contributed by atoms with Crippen molar-refractivity contribution >= 4 is 11.0 Å². The normalized spacial score (nSPS) is 21.4. The maximum Gasteiger partial charge on any atom is 0.153 e. The van der Waals surface area contributed by atoms with Gasteiger partial charge in [0, 0.05) is 30.1 Å². The quantitative estimate of drug-likeness (QED) is 0.724. The largest absolute Gasteiger partial charge is 0.454 e. The number of likely N-dealkylation sites (tertiary alicyclic amines) is 1. The zero-order chi connectivity index (χ0) is 16.6. The third-order valence-electron chi connectivity index (χ3n) is 5.52. The Hall–Kier alpha value is -2.11. The van der Waals surface area contributed by atoms with Gasteiger partial charge in [-0.1, -0.05) is 18.2 Å². The van der Waals surface area contributed by atoms with E-state index in [1.165, 1.54) is 32.4 Å². The minimum Gasteiger partial charge on any atom is -0.454 e. The van der Waals surface area contributed by atoms with Gasteiger partial charge in [-0.15, -0.1) is 0 Å². The smallest absolute Gasteiger partial charge is 0.153 e. The van der Waals surface area contributed by atoms with Crippen LogP contribution in [0, 0.1) is 5.92 Å². The lowest BCUT2D eigenvalue weighted by Gasteiger charge is -2.15. The molecule has 2 aliphatic rings. The van der Waals surface area contributed by atoms with E-state index < -0.39 is 0 Å². The molecule has 1 aliphatic heterocycles. The highest BCUT2D eigenvalue weighted by Gasteiger charge is 2.34. The van der Waals surface area contributed by atoms with E-state index >= 15 is 0 Å². The zero-order valence-electron chi connectivity index (χ0n) is 14.4. The molecule has 130 valence electrons. The number of aromatic amines is 1. The molecule has 1 aromatic carbocycles. The fraction of sp³-hybridized carbons (Fsp3) is 0.450. The summed E-state index contributed by atoms with van der Waals surface area (Å²) in [7, 11) is 0. The molecule has 1 atom stereocenters. The Kier molecular flexibility index (Phi) is 3.83. The predicted octanol–water partition coefficient (Wildman–Crippen LogP) is 3.40. The van der Waals surface area contributed by atoms with Gasteiger partial charge in [-0.3, -0.25) is 5.10 Å². The first-order valence-electron chi connectivity index (χ1n) is 9.33. The van der Waals surface area contributed by atoms with Crippen molar-refractivity contribution in [2.45, 2.75) is 31.8 Å². The van der Waals surface area contributed by atoms with E-state index in [2.05, 4.69) is 32.5 Å². The molecule has 1 saturated heterocycles. The van der Waals surface area contributed by atoms with E-state index in [0.717, 1.165) is 53.0 Å². The van der Waals surface area contributed by atoms with Gasteiger partial charge >= 0.3 is 0 Å². The number of fused-ring (bicyclic) bond motifs is 1. The molecule has 3 aromatic rings. The summed E-state index contributed by atoms with van der Waals surface area (Å²) in [6.07, 6.45) is 6.05. The number of para-hydroxylation sites is 1. The molecule has 0 unspecified atom stereocenters. The minimum atomic E-state index is 0.780. The topological polar surface area (TPSA) is 57.1 Å². The lowest BCUT2D eigenvalue weighted by Crippen LogP contribution is -2.27. The fourth-order valence-electron chi connectivity index (χ4n) is 3.98. The Morgan fingerprint density at radius 3 is 3.04 bits per heavy atom. The summed E-state index contributed by atoms with van der Waals surface area (Å²) in [5.41, 5.74) is 3.06. The monoisotopic (exact) mass is 336 g/mol. The van der Waals surface area contributed by atoms with Crippen LogP contribution in [0.25, 0.3) is 22.4 Å². The molecule has 5 nitrogen and oxygen atoms in total. The molecular formula is C20H24N4O. The summed E-state index contributed by atoms with van der Waals surface area (Å²) in [4.78, 5) is 2.67. The van der Waals surface area contributed by atoms with Crippen LogP contribution in [0.4, 0.5) is 0 Å². The standard InChI is InChI=1S/C20H24N4O/c1-2-4-18-15(3-1)9-19(25-18)20-16(12-22-23-20)11-21-10-14-7-8-24(13-14)17-5-6-17/h1-4,9,12,14,17,21H,5-8,10-11,13H2,(H,22,23)/t14-/m1/s1. The number of aromatic nitrogens is 2. The summed E-state index contributed by atoms with van der Waals surface area (Å²) >= 11 is 0.